The Balaban J connectivity index is 1.48. The highest BCUT2D eigenvalue weighted by Gasteiger charge is 2.26. The Hall–Kier alpha value is -3.12. The summed E-state index contributed by atoms with van der Waals surface area (Å²) < 4.78 is 5.20. The molecule has 0 unspecified atom stereocenters. The van der Waals surface area contributed by atoms with Crippen LogP contribution in [0.3, 0.4) is 0 Å². The van der Waals surface area contributed by atoms with Crippen molar-refractivity contribution in [3.05, 3.63) is 76.0 Å². The highest BCUT2D eigenvalue weighted by Crippen LogP contribution is 2.32. The first-order valence-corrected chi connectivity index (χ1v) is 9.93. The SMILES string of the molecule is COc1cccc(CC(=O)Nc2ccc3c(c2)N(C(=O)c2cccs2)CC3)c1. The molecule has 6 heteroatoms. The van der Waals surface area contributed by atoms with Crippen LogP contribution >= 0.6 is 11.3 Å². The van der Waals surface area contributed by atoms with E-state index in [2.05, 4.69) is 5.32 Å². The highest BCUT2D eigenvalue weighted by atomic mass is 32.1. The standard InChI is InChI=1S/C22H20N2O3S/c1-27-18-5-2-4-15(12-18)13-21(25)23-17-8-7-16-9-10-24(19(16)14-17)22(26)20-6-3-11-28-20/h2-8,11-12,14H,9-10,13H2,1H3,(H,23,25). The van der Waals surface area contributed by atoms with Crippen molar-refractivity contribution in [2.75, 3.05) is 23.9 Å². The van der Waals surface area contributed by atoms with Crippen LogP contribution in [0.1, 0.15) is 20.8 Å². The molecule has 1 aliphatic rings. The molecule has 5 nitrogen and oxygen atoms in total. The number of ether oxygens (including phenoxy) is 1. The fourth-order valence-electron chi connectivity index (χ4n) is 3.37. The zero-order chi connectivity index (χ0) is 19.5. The Labute approximate surface area is 167 Å². The van der Waals surface area contributed by atoms with Gasteiger partial charge in [0.25, 0.3) is 5.91 Å². The molecule has 0 saturated carbocycles. The van der Waals surface area contributed by atoms with E-state index in [9.17, 15) is 9.59 Å². The van der Waals surface area contributed by atoms with Crippen LogP contribution in [0, 0.1) is 0 Å². The molecule has 2 amide bonds. The van der Waals surface area contributed by atoms with E-state index < -0.39 is 0 Å². The van der Waals surface area contributed by atoms with Crippen LogP contribution in [0.15, 0.2) is 60.0 Å². The third-order valence-corrected chi connectivity index (χ3v) is 5.60. The molecule has 0 fully saturated rings. The number of benzene rings is 2. The largest absolute Gasteiger partial charge is 0.497 e. The topological polar surface area (TPSA) is 58.6 Å². The predicted molar refractivity (Wildman–Crippen MR) is 111 cm³/mol. The lowest BCUT2D eigenvalue weighted by Crippen LogP contribution is -2.28. The van der Waals surface area contributed by atoms with E-state index in [-0.39, 0.29) is 18.2 Å². The first kappa shape index (κ1) is 18.3. The van der Waals surface area contributed by atoms with Crippen LogP contribution in [0.4, 0.5) is 11.4 Å². The number of thiophene rings is 1. The summed E-state index contributed by atoms with van der Waals surface area (Å²) in [5.41, 5.74) is 3.57. The lowest BCUT2D eigenvalue weighted by atomic mass is 10.1. The smallest absolute Gasteiger partial charge is 0.268 e. The predicted octanol–water partition coefficient (Wildman–Crippen LogP) is 4.14. The molecule has 2 heterocycles. The molecule has 2 aromatic carbocycles. The zero-order valence-electron chi connectivity index (χ0n) is 15.5. The average Bonchev–Trinajstić information content (AvgIpc) is 3.37. The minimum atomic E-state index is -0.109. The molecule has 3 aromatic rings. The molecular weight excluding hydrogens is 372 g/mol. The molecule has 1 N–H and O–H groups in total. The maximum absolute atomic E-state index is 12.7. The van der Waals surface area contributed by atoms with E-state index in [4.69, 9.17) is 4.74 Å². The van der Waals surface area contributed by atoms with Gasteiger partial charge in [-0.2, -0.15) is 0 Å². The van der Waals surface area contributed by atoms with Gasteiger partial charge in [-0.3, -0.25) is 9.59 Å². The highest BCUT2D eigenvalue weighted by molar-refractivity contribution is 7.12. The molecule has 0 atom stereocenters. The van der Waals surface area contributed by atoms with Gasteiger partial charge in [0.15, 0.2) is 0 Å². The number of hydrogen-bond donors (Lipinski definition) is 1. The number of anilines is 2. The average molecular weight is 392 g/mol. The molecule has 0 saturated heterocycles. The lowest BCUT2D eigenvalue weighted by molar-refractivity contribution is -0.115. The summed E-state index contributed by atoms with van der Waals surface area (Å²) in [6.07, 6.45) is 1.08. The van der Waals surface area contributed by atoms with Gasteiger partial charge in [0.05, 0.1) is 18.4 Å². The number of hydrogen-bond acceptors (Lipinski definition) is 4. The van der Waals surface area contributed by atoms with Crippen LogP contribution in [0.2, 0.25) is 0 Å². The summed E-state index contributed by atoms with van der Waals surface area (Å²) in [4.78, 5) is 27.7. The Morgan fingerprint density at radius 3 is 2.82 bits per heavy atom. The van der Waals surface area contributed by atoms with Gasteiger partial charge in [0, 0.05) is 17.9 Å². The maximum Gasteiger partial charge on any atom is 0.268 e. The van der Waals surface area contributed by atoms with Crippen molar-refractivity contribution in [3.8, 4) is 5.75 Å². The number of amides is 2. The first-order chi connectivity index (χ1) is 13.6. The molecule has 0 radical (unpaired) electrons. The van der Waals surface area contributed by atoms with Crippen molar-refractivity contribution in [2.24, 2.45) is 0 Å². The minimum Gasteiger partial charge on any atom is -0.497 e. The van der Waals surface area contributed by atoms with E-state index in [0.717, 1.165) is 33.9 Å². The Bertz CT molecular complexity index is 1010. The molecule has 0 aliphatic carbocycles. The number of rotatable bonds is 5. The van der Waals surface area contributed by atoms with Gasteiger partial charge in [-0.25, -0.2) is 0 Å². The monoisotopic (exact) mass is 392 g/mol. The molecule has 1 aromatic heterocycles. The lowest BCUT2D eigenvalue weighted by Gasteiger charge is -2.17. The van der Waals surface area contributed by atoms with Gasteiger partial charge in [-0.1, -0.05) is 24.3 Å². The van der Waals surface area contributed by atoms with Crippen molar-refractivity contribution in [1.82, 2.24) is 0 Å². The fourth-order valence-corrected chi connectivity index (χ4v) is 4.05. The van der Waals surface area contributed by atoms with Crippen molar-refractivity contribution >= 4 is 34.5 Å². The Kier molecular flexibility index (Phi) is 5.12. The number of carbonyl (C=O) groups is 2. The summed E-state index contributed by atoms with van der Waals surface area (Å²) in [5.74, 6) is 0.626. The summed E-state index contributed by atoms with van der Waals surface area (Å²) in [7, 11) is 1.60. The third kappa shape index (κ3) is 3.77. The molecule has 0 spiro atoms. The van der Waals surface area contributed by atoms with Gasteiger partial charge < -0.3 is 15.0 Å². The van der Waals surface area contributed by atoms with Gasteiger partial charge in [0.1, 0.15) is 5.75 Å². The maximum atomic E-state index is 12.7. The molecule has 4 rings (SSSR count). The van der Waals surface area contributed by atoms with Crippen LogP contribution in [0.25, 0.3) is 0 Å². The van der Waals surface area contributed by atoms with Gasteiger partial charge in [-0.05, 0) is 53.3 Å². The van der Waals surface area contributed by atoms with Crippen LogP contribution < -0.4 is 15.0 Å². The number of nitrogens with zero attached hydrogens (tertiary/aromatic N) is 1. The summed E-state index contributed by atoms with van der Waals surface area (Å²) in [6, 6.07) is 16.9. The van der Waals surface area contributed by atoms with Crippen molar-refractivity contribution in [2.45, 2.75) is 12.8 Å². The third-order valence-electron chi connectivity index (χ3n) is 4.74. The van der Waals surface area contributed by atoms with Gasteiger partial charge in [0.2, 0.25) is 5.91 Å². The summed E-state index contributed by atoms with van der Waals surface area (Å²) >= 11 is 1.44. The fraction of sp³-hybridized carbons (Fsp3) is 0.182. The van der Waals surface area contributed by atoms with Crippen LogP contribution in [-0.4, -0.2) is 25.5 Å². The van der Waals surface area contributed by atoms with Crippen LogP contribution in [0.5, 0.6) is 5.75 Å². The Morgan fingerprint density at radius 1 is 1.14 bits per heavy atom. The molecular formula is C22H20N2O3S. The van der Waals surface area contributed by atoms with E-state index in [0.29, 0.717) is 12.2 Å². The minimum absolute atomic E-state index is 0.00797. The van der Waals surface area contributed by atoms with E-state index in [1.54, 1.807) is 12.0 Å². The van der Waals surface area contributed by atoms with Gasteiger partial charge in [-0.15, -0.1) is 11.3 Å². The second-order valence-electron chi connectivity index (χ2n) is 6.60. The number of methoxy groups -OCH3 is 1. The van der Waals surface area contributed by atoms with E-state index in [1.165, 1.54) is 11.3 Å². The van der Waals surface area contributed by atoms with Crippen molar-refractivity contribution in [1.29, 1.82) is 0 Å². The molecule has 1 aliphatic heterocycles. The normalized spacial score (nSPS) is 12.5. The Morgan fingerprint density at radius 2 is 2.04 bits per heavy atom. The van der Waals surface area contributed by atoms with Crippen LogP contribution in [-0.2, 0) is 17.6 Å². The van der Waals surface area contributed by atoms with E-state index >= 15 is 0 Å². The molecule has 28 heavy (non-hydrogen) atoms. The van der Waals surface area contributed by atoms with Crippen molar-refractivity contribution < 1.29 is 14.3 Å². The van der Waals surface area contributed by atoms with E-state index in [1.807, 2.05) is 60.0 Å². The quantitative estimate of drug-likeness (QED) is 0.710. The number of fused-ring (bicyclic) bond motifs is 1. The summed E-state index contributed by atoms with van der Waals surface area (Å²) in [5, 5.41) is 4.84. The summed E-state index contributed by atoms with van der Waals surface area (Å²) in [6.45, 7) is 0.660. The second-order valence-corrected chi connectivity index (χ2v) is 7.55. The van der Waals surface area contributed by atoms with Crippen molar-refractivity contribution in [3.63, 3.8) is 0 Å². The number of carbonyl (C=O) groups excluding carboxylic acids is 2. The molecule has 0 bridgehead atoms. The zero-order valence-corrected chi connectivity index (χ0v) is 16.3. The number of nitrogens with one attached hydrogen (secondary N) is 1. The van der Waals surface area contributed by atoms with Gasteiger partial charge >= 0.3 is 0 Å². The first-order valence-electron chi connectivity index (χ1n) is 9.05. The molecule has 142 valence electrons. The second kappa shape index (κ2) is 7.86.